The fourth-order valence-electron chi connectivity index (χ4n) is 3.13. The summed E-state index contributed by atoms with van der Waals surface area (Å²) in [7, 11) is 0. The quantitative estimate of drug-likeness (QED) is 0.739. The van der Waals surface area contributed by atoms with Crippen LogP contribution < -0.4 is 4.74 Å². The van der Waals surface area contributed by atoms with Gasteiger partial charge < -0.3 is 9.64 Å². The Kier molecular flexibility index (Phi) is 4.06. The van der Waals surface area contributed by atoms with E-state index in [1.807, 2.05) is 48.2 Å². The molecule has 5 heteroatoms. The predicted octanol–water partition coefficient (Wildman–Crippen LogP) is 2.90. The highest BCUT2D eigenvalue weighted by Crippen LogP contribution is 2.22. The number of hydrogen-bond acceptors (Lipinski definition) is 4. The van der Waals surface area contributed by atoms with Crippen molar-refractivity contribution in [1.82, 2.24) is 14.9 Å². The van der Waals surface area contributed by atoms with Gasteiger partial charge in [0.1, 0.15) is 5.75 Å². The highest BCUT2D eigenvalue weighted by molar-refractivity contribution is 5.79. The fourth-order valence-corrected chi connectivity index (χ4v) is 3.13. The van der Waals surface area contributed by atoms with E-state index < -0.39 is 0 Å². The molecule has 0 unspecified atom stereocenters. The van der Waals surface area contributed by atoms with Crippen LogP contribution in [0.3, 0.4) is 0 Å². The number of rotatable bonds is 3. The molecule has 3 aromatic rings. The summed E-state index contributed by atoms with van der Waals surface area (Å²) in [5.74, 6) is 0.757. The number of amides is 1. The van der Waals surface area contributed by atoms with Crippen LogP contribution >= 0.6 is 0 Å². The van der Waals surface area contributed by atoms with Gasteiger partial charge in [0, 0.05) is 36.8 Å². The van der Waals surface area contributed by atoms with Crippen LogP contribution in [0.2, 0.25) is 0 Å². The molecule has 2 aromatic heterocycles. The first-order chi connectivity index (χ1) is 12.2. The molecular formula is C20H19N3O2. The maximum Gasteiger partial charge on any atom is 0.260 e. The van der Waals surface area contributed by atoms with Crippen LogP contribution in [0.5, 0.6) is 5.75 Å². The van der Waals surface area contributed by atoms with Crippen molar-refractivity contribution < 1.29 is 9.53 Å². The van der Waals surface area contributed by atoms with E-state index >= 15 is 0 Å². The van der Waals surface area contributed by atoms with Crippen LogP contribution in [-0.2, 0) is 17.8 Å². The Bertz CT molecular complexity index is 939. The van der Waals surface area contributed by atoms with Gasteiger partial charge in [-0.15, -0.1) is 0 Å². The maximum absolute atomic E-state index is 12.5. The van der Waals surface area contributed by atoms with Gasteiger partial charge >= 0.3 is 0 Å². The van der Waals surface area contributed by atoms with Gasteiger partial charge in [-0.2, -0.15) is 0 Å². The zero-order chi connectivity index (χ0) is 17.2. The van der Waals surface area contributed by atoms with Crippen molar-refractivity contribution in [2.24, 2.45) is 0 Å². The zero-order valence-electron chi connectivity index (χ0n) is 14.1. The average molecular weight is 333 g/mol. The minimum atomic E-state index is 0.000173. The van der Waals surface area contributed by atoms with Gasteiger partial charge in [-0.3, -0.25) is 4.79 Å². The Balaban J connectivity index is 1.47. The van der Waals surface area contributed by atoms with Gasteiger partial charge in [0.2, 0.25) is 0 Å². The Morgan fingerprint density at radius 1 is 1.24 bits per heavy atom. The molecule has 126 valence electrons. The number of aryl methyl sites for hydroxylation is 1. The highest BCUT2D eigenvalue weighted by atomic mass is 16.5. The number of carbonyl (C=O) groups is 1. The molecule has 3 heterocycles. The number of carbonyl (C=O) groups excluding carboxylic acids is 1. The molecule has 0 fully saturated rings. The second-order valence-electron chi connectivity index (χ2n) is 6.26. The Morgan fingerprint density at radius 2 is 2.12 bits per heavy atom. The van der Waals surface area contributed by atoms with Crippen molar-refractivity contribution in [3.8, 4) is 5.75 Å². The summed E-state index contributed by atoms with van der Waals surface area (Å²) < 4.78 is 5.69. The standard InChI is InChI=1S/C20H19N3O2/c1-14-5-2-3-7-18(14)25-13-19(24)23-10-8-17-16(12-23)11-15-6-4-9-21-20(15)22-17/h2-7,9,11H,8,10,12-13H2,1H3. The van der Waals surface area contributed by atoms with Crippen molar-refractivity contribution >= 4 is 16.9 Å². The Hall–Kier alpha value is -2.95. The second kappa shape index (κ2) is 6.51. The molecule has 25 heavy (non-hydrogen) atoms. The van der Waals surface area contributed by atoms with Crippen molar-refractivity contribution in [3.63, 3.8) is 0 Å². The Labute approximate surface area is 146 Å². The summed E-state index contributed by atoms with van der Waals surface area (Å²) in [5, 5.41) is 1.01. The van der Waals surface area contributed by atoms with Crippen LogP contribution in [0.25, 0.3) is 11.0 Å². The molecule has 0 spiro atoms. The lowest BCUT2D eigenvalue weighted by Crippen LogP contribution is -2.39. The number of aromatic nitrogens is 2. The first kappa shape index (κ1) is 15.6. The SMILES string of the molecule is Cc1ccccc1OCC(=O)N1CCc2nc3ncccc3cc2C1. The van der Waals surface area contributed by atoms with E-state index in [2.05, 4.69) is 16.0 Å². The molecule has 1 amide bonds. The first-order valence-corrected chi connectivity index (χ1v) is 8.40. The van der Waals surface area contributed by atoms with E-state index in [9.17, 15) is 4.79 Å². The molecule has 1 aliphatic rings. The van der Waals surface area contributed by atoms with Gasteiger partial charge in [0.15, 0.2) is 12.3 Å². The van der Waals surface area contributed by atoms with Crippen LogP contribution in [-0.4, -0.2) is 33.9 Å². The lowest BCUT2D eigenvalue weighted by molar-refractivity contribution is -0.134. The third kappa shape index (κ3) is 3.18. The Morgan fingerprint density at radius 3 is 3.00 bits per heavy atom. The number of fused-ring (bicyclic) bond motifs is 2. The lowest BCUT2D eigenvalue weighted by atomic mass is 10.0. The molecule has 5 nitrogen and oxygen atoms in total. The normalized spacial score (nSPS) is 13.6. The molecule has 0 radical (unpaired) electrons. The summed E-state index contributed by atoms with van der Waals surface area (Å²) >= 11 is 0. The van der Waals surface area contributed by atoms with E-state index in [0.717, 1.165) is 40.0 Å². The number of benzene rings is 1. The minimum Gasteiger partial charge on any atom is -0.484 e. The van der Waals surface area contributed by atoms with E-state index in [-0.39, 0.29) is 12.5 Å². The van der Waals surface area contributed by atoms with Gasteiger partial charge in [-0.25, -0.2) is 9.97 Å². The largest absolute Gasteiger partial charge is 0.484 e. The van der Waals surface area contributed by atoms with Crippen molar-refractivity contribution in [2.75, 3.05) is 13.2 Å². The molecule has 4 rings (SSSR count). The summed E-state index contributed by atoms with van der Waals surface area (Å²) in [6.45, 7) is 3.27. The number of ether oxygens (including phenoxy) is 1. The molecule has 0 N–H and O–H groups in total. The third-order valence-corrected chi connectivity index (χ3v) is 4.54. The maximum atomic E-state index is 12.5. The molecule has 0 saturated carbocycles. The summed E-state index contributed by atoms with van der Waals surface area (Å²) in [5.41, 5.74) is 3.93. The van der Waals surface area contributed by atoms with E-state index in [1.54, 1.807) is 6.20 Å². The molecule has 0 bridgehead atoms. The lowest BCUT2D eigenvalue weighted by Gasteiger charge is -2.28. The van der Waals surface area contributed by atoms with Crippen molar-refractivity contribution in [2.45, 2.75) is 19.9 Å². The van der Waals surface area contributed by atoms with Gasteiger partial charge in [-0.05, 0) is 42.3 Å². The molecule has 0 saturated heterocycles. The van der Waals surface area contributed by atoms with Crippen LogP contribution in [0, 0.1) is 6.92 Å². The number of hydrogen-bond donors (Lipinski definition) is 0. The van der Waals surface area contributed by atoms with Crippen LogP contribution in [0.15, 0.2) is 48.7 Å². The zero-order valence-corrected chi connectivity index (χ0v) is 14.1. The van der Waals surface area contributed by atoms with Crippen LogP contribution in [0.4, 0.5) is 0 Å². The van der Waals surface area contributed by atoms with E-state index in [4.69, 9.17) is 4.74 Å². The summed E-state index contributed by atoms with van der Waals surface area (Å²) in [6, 6.07) is 13.7. The van der Waals surface area contributed by atoms with E-state index in [1.165, 1.54) is 0 Å². The second-order valence-corrected chi connectivity index (χ2v) is 6.26. The topological polar surface area (TPSA) is 55.3 Å². The van der Waals surface area contributed by atoms with Gasteiger partial charge in [-0.1, -0.05) is 18.2 Å². The molecule has 0 atom stereocenters. The molecule has 1 aromatic carbocycles. The monoisotopic (exact) mass is 333 g/mol. The van der Waals surface area contributed by atoms with Crippen LogP contribution in [0.1, 0.15) is 16.8 Å². The highest BCUT2D eigenvalue weighted by Gasteiger charge is 2.22. The average Bonchev–Trinajstić information content (AvgIpc) is 2.65. The number of pyridine rings is 2. The fraction of sp³-hybridized carbons (Fsp3) is 0.250. The number of para-hydroxylation sites is 1. The van der Waals surface area contributed by atoms with Gasteiger partial charge in [0.05, 0.1) is 0 Å². The predicted molar refractivity (Wildman–Crippen MR) is 95.3 cm³/mol. The first-order valence-electron chi connectivity index (χ1n) is 8.40. The van der Waals surface area contributed by atoms with Crippen molar-refractivity contribution in [1.29, 1.82) is 0 Å². The van der Waals surface area contributed by atoms with Gasteiger partial charge in [0.25, 0.3) is 5.91 Å². The van der Waals surface area contributed by atoms with Crippen molar-refractivity contribution in [3.05, 3.63) is 65.5 Å². The number of nitrogens with zero attached hydrogens (tertiary/aromatic N) is 3. The minimum absolute atomic E-state index is 0.000173. The summed E-state index contributed by atoms with van der Waals surface area (Å²) in [4.78, 5) is 23.3. The summed E-state index contributed by atoms with van der Waals surface area (Å²) in [6.07, 6.45) is 2.50. The smallest absolute Gasteiger partial charge is 0.260 e. The molecule has 1 aliphatic heterocycles. The molecular weight excluding hydrogens is 314 g/mol. The van der Waals surface area contributed by atoms with E-state index in [0.29, 0.717) is 13.1 Å². The molecule has 0 aliphatic carbocycles. The third-order valence-electron chi connectivity index (χ3n) is 4.54.